The fourth-order valence-electron chi connectivity index (χ4n) is 3.33. The number of fused-ring (bicyclic) bond motifs is 4. The first-order chi connectivity index (χ1) is 17.2. The van der Waals surface area contributed by atoms with Gasteiger partial charge in [-0.05, 0) is 31.5 Å². The first-order valence-corrected chi connectivity index (χ1v) is 14.1. The normalized spacial score (nSPS) is 15.2. The number of nitrogens with zero attached hydrogens (tertiary/aromatic N) is 4. The van der Waals surface area contributed by atoms with E-state index in [0.29, 0.717) is 35.9 Å². The van der Waals surface area contributed by atoms with Gasteiger partial charge in [-0.15, -0.1) is 0 Å². The Labute approximate surface area is 210 Å². The van der Waals surface area contributed by atoms with E-state index >= 15 is 0 Å². The molecule has 0 amide bonds. The summed E-state index contributed by atoms with van der Waals surface area (Å²) in [5.74, 6) is 7.29. The van der Waals surface area contributed by atoms with Crippen molar-refractivity contribution < 1.29 is 16.8 Å². The van der Waals surface area contributed by atoms with Gasteiger partial charge < -0.3 is 15.2 Å². The second kappa shape index (κ2) is 10.6. The third-order valence-electron chi connectivity index (χ3n) is 5.35. The fraction of sp³-hybridized carbons (Fsp3) is 0.318. The van der Waals surface area contributed by atoms with E-state index in [1.807, 2.05) is 0 Å². The summed E-state index contributed by atoms with van der Waals surface area (Å²) in [5.41, 5.74) is 1.06. The van der Waals surface area contributed by atoms with Gasteiger partial charge in [-0.1, -0.05) is 17.9 Å². The van der Waals surface area contributed by atoms with Crippen LogP contribution in [-0.4, -0.2) is 56.0 Å². The number of sulfonamides is 2. The third kappa shape index (κ3) is 6.00. The molecule has 36 heavy (non-hydrogen) atoms. The van der Waals surface area contributed by atoms with Crippen molar-refractivity contribution in [2.45, 2.75) is 29.7 Å². The zero-order valence-corrected chi connectivity index (χ0v) is 21.4. The van der Waals surface area contributed by atoms with Gasteiger partial charge in [-0.3, -0.25) is 0 Å². The Balaban J connectivity index is 1.47. The highest BCUT2D eigenvalue weighted by atomic mass is 32.2. The predicted octanol–water partition coefficient (Wildman–Crippen LogP) is 1.08. The summed E-state index contributed by atoms with van der Waals surface area (Å²) in [6, 6.07) is 6.39. The van der Waals surface area contributed by atoms with Crippen LogP contribution in [0.25, 0.3) is 0 Å². The highest BCUT2D eigenvalue weighted by Crippen LogP contribution is 2.21. The number of aryl methyl sites for hydroxylation is 1. The molecule has 0 spiro atoms. The first kappa shape index (κ1) is 25.6. The SMILES string of the molecule is Cc1ncc(S(=O)(=O)NCCC#Cc2cnc3nc2NCCCNS(=O)(=O)c2cccc(c2)N3)n1C. The number of benzene rings is 1. The van der Waals surface area contributed by atoms with Crippen molar-refractivity contribution in [3.05, 3.63) is 48.0 Å². The number of nitrogens with one attached hydrogen (secondary N) is 4. The average Bonchev–Trinajstić information content (AvgIpc) is 3.18. The van der Waals surface area contributed by atoms with E-state index in [0.717, 1.165) is 0 Å². The third-order valence-corrected chi connectivity index (χ3v) is 8.32. The molecule has 4 rings (SSSR count). The largest absolute Gasteiger partial charge is 0.369 e. The van der Waals surface area contributed by atoms with Gasteiger partial charge in [0.15, 0.2) is 5.03 Å². The number of aromatic nitrogens is 4. The molecule has 0 saturated carbocycles. The summed E-state index contributed by atoms with van der Waals surface area (Å²) in [6.45, 7) is 2.55. The molecule has 1 aliphatic heterocycles. The zero-order chi connectivity index (χ0) is 25.8. The maximum Gasteiger partial charge on any atom is 0.257 e. The molecular weight excluding hydrogens is 504 g/mol. The Morgan fingerprint density at radius 1 is 1.19 bits per heavy atom. The lowest BCUT2D eigenvalue weighted by atomic mass is 10.3. The molecule has 1 aromatic carbocycles. The number of imidazole rings is 1. The molecule has 0 unspecified atom stereocenters. The molecule has 12 nitrogen and oxygen atoms in total. The van der Waals surface area contributed by atoms with E-state index in [-0.39, 0.29) is 35.4 Å². The molecule has 0 atom stereocenters. The number of rotatable bonds is 4. The Bertz CT molecular complexity index is 1540. The molecule has 0 saturated heterocycles. The minimum atomic E-state index is -3.69. The molecular formula is C22H26N8O4S2. The summed E-state index contributed by atoms with van der Waals surface area (Å²) in [7, 11) is -5.68. The summed E-state index contributed by atoms with van der Waals surface area (Å²) >= 11 is 0. The molecule has 4 N–H and O–H groups in total. The minimum Gasteiger partial charge on any atom is -0.369 e. The van der Waals surface area contributed by atoms with Crippen molar-refractivity contribution in [3.63, 3.8) is 0 Å². The average molecular weight is 531 g/mol. The molecule has 1 aliphatic rings. The van der Waals surface area contributed by atoms with Gasteiger partial charge in [0.1, 0.15) is 11.6 Å². The van der Waals surface area contributed by atoms with Gasteiger partial charge in [0.25, 0.3) is 10.0 Å². The lowest BCUT2D eigenvalue weighted by Crippen LogP contribution is -2.26. The molecule has 4 bridgehead atoms. The van der Waals surface area contributed by atoms with Gasteiger partial charge in [-0.2, -0.15) is 4.98 Å². The van der Waals surface area contributed by atoms with E-state index in [4.69, 9.17) is 0 Å². The molecule has 0 aliphatic carbocycles. The maximum atomic E-state index is 12.5. The first-order valence-electron chi connectivity index (χ1n) is 11.1. The van der Waals surface area contributed by atoms with Crippen LogP contribution in [0.2, 0.25) is 0 Å². The van der Waals surface area contributed by atoms with E-state index in [1.54, 1.807) is 32.3 Å². The van der Waals surface area contributed by atoms with Gasteiger partial charge >= 0.3 is 0 Å². The van der Waals surface area contributed by atoms with Crippen LogP contribution in [0.1, 0.15) is 24.2 Å². The van der Waals surface area contributed by atoms with Crippen LogP contribution < -0.4 is 20.1 Å². The standard InChI is InChI=1S/C22H26N8O4S2/c1-16-24-15-20(30(16)2)36(33,34)27-11-4-3-7-17-14-25-22-28-18-8-5-9-19(13-18)35(31,32)26-12-6-10-23-21(17)29-22/h5,8-9,13-15,26-27H,4,6,10-12H2,1-2H3,(H2,23,25,28,29). The van der Waals surface area contributed by atoms with E-state index in [1.165, 1.54) is 22.9 Å². The number of anilines is 3. The smallest absolute Gasteiger partial charge is 0.257 e. The van der Waals surface area contributed by atoms with Crippen LogP contribution in [0, 0.1) is 18.8 Å². The lowest BCUT2D eigenvalue weighted by molar-refractivity contribution is 0.570. The van der Waals surface area contributed by atoms with Gasteiger partial charge in [0.2, 0.25) is 16.0 Å². The number of hydrogen-bond acceptors (Lipinski definition) is 9. The van der Waals surface area contributed by atoms with E-state index in [9.17, 15) is 16.8 Å². The van der Waals surface area contributed by atoms with Crippen LogP contribution in [-0.2, 0) is 27.1 Å². The van der Waals surface area contributed by atoms with Crippen molar-refractivity contribution in [3.8, 4) is 11.8 Å². The fourth-order valence-corrected chi connectivity index (χ4v) is 5.66. The summed E-state index contributed by atoms with van der Waals surface area (Å²) < 4.78 is 56.5. The van der Waals surface area contributed by atoms with Crippen molar-refractivity contribution in [2.75, 3.05) is 30.3 Å². The monoisotopic (exact) mass is 530 g/mol. The molecule has 2 aromatic heterocycles. The van der Waals surface area contributed by atoms with Crippen LogP contribution >= 0.6 is 0 Å². The Hall–Kier alpha value is -3.51. The Kier molecular flexibility index (Phi) is 7.55. The van der Waals surface area contributed by atoms with Gasteiger partial charge in [0.05, 0.1) is 22.9 Å². The second-order valence-electron chi connectivity index (χ2n) is 7.94. The Morgan fingerprint density at radius 3 is 2.81 bits per heavy atom. The summed E-state index contributed by atoms with van der Waals surface area (Å²) in [4.78, 5) is 12.9. The van der Waals surface area contributed by atoms with Crippen LogP contribution in [0.3, 0.4) is 0 Å². The molecule has 3 heterocycles. The topological polar surface area (TPSA) is 160 Å². The Morgan fingerprint density at radius 2 is 2.03 bits per heavy atom. The maximum absolute atomic E-state index is 12.5. The summed E-state index contributed by atoms with van der Waals surface area (Å²) in [6.07, 6.45) is 3.67. The zero-order valence-electron chi connectivity index (χ0n) is 19.7. The van der Waals surface area contributed by atoms with Crippen molar-refractivity contribution in [2.24, 2.45) is 7.05 Å². The van der Waals surface area contributed by atoms with Crippen LogP contribution in [0.5, 0.6) is 0 Å². The molecule has 0 fully saturated rings. The quantitative estimate of drug-likeness (QED) is 0.286. The molecule has 14 heteroatoms. The van der Waals surface area contributed by atoms with E-state index in [2.05, 4.69) is 46.9 Å². The van der Waals surface area contributed by atoms with E-state index < -0.39 is 20.0 Å². The minimum absolute atomic E-state index is 0.0905. The lowest BCUT2D eigenvalue weighted by Gasteiger charge is -2.10. The predicted molar refractivity (Wildman–Crippen MR) is 135 cm³/mol. The number of hydrogen-bond donors (Lipinski definition) is 4. The van der Waals surface area contributed by atoms with Crippen LogP contribution in [0.4, 0.5) is 17.5 Å². The molecule has 3 aromatic rings. The van der Waals surface area contributed by atoms with Gasteiger partial charge in [-0.25, -0.2) is 36.2 Å². The summed E-state index contributed by atoms with van der Waals surface area (Å²) in [5, 5.41) is 6.28. The highest BCUT2D eigenvalue weighted by molar-refractivity contribution is 7.89. The molecule has 0 radical (unpaired) electrons. The van der Waals surface area contributed by atoms with Gasteiger partial charge in [0, 0.05) is 38.8 Å². The van der Waals surface area contributed by atoms with Crippen molar-refractivity contribution in [1.82, 2.24) is 29.0 Å². The second-order valence-corrected chi connectivity index (χ2v) is 11.4. The van der Waals surface area contributed by atoms with Crippen molar-refractivity contribution >= 4 is 37.5 Å². The van der Waals surface area contributed by atoms with Crippen LogP contribution in [0.15, 0.2) is 46.6 Å². The van der Waals surface area contributed by atoms with Crippen molar-refractivity contribution in [1.29, 1.82) is 0 Å². The highest BCUT2D eigenvalue weighted by Gasteiger charge is 2.18. The molecule has 190 valence electrons.